The van der Waals surface area contributed by atoms with Gasteiger partial charge in [0.25, 0.3) is 0 Å². The van der Waals surface area contributed by atoms with Crippen LogP contribution in [-0.2, 0) is 0 Å². The molecule has 14 heavy (non-hydrogen) atoms. The molecule has 6 heteroatoms. The molecule has 0 saturated carbocycles. The highest BCUT2D eigenvalue weighted by Crippen LogP contribution is 2.08. The van der Waals surface area contributed by atoms with Crippen LogP contribution in [0, 0.1) is 0 Å². The highest BCUT2D eigenvalue weighted by molar-refractivity contribution is 5.90. The van der Waals surface area contributed by atoms with Crippen molar-refractivity contribution in [3.63, 3.8) is 0 Å². The van der Waals surface area contributed by atoms with Crippen LogP contribution >= 0.6 is 0 Å². The van der Waals surface area contributed by atoms with Crippen molar-refractivity contribution < 1.29 is 15.2 Å². The van der Waals surface area contributed by atoms with Crippen LogP contribution in [0.15, 0.2) is 12.3 Å². The Balaban J connectivity index is 3.00. The number of carbonyl (C=O) groups excluding carboxylic acids is 1. The van der Waals surface area contributed by atoms with Gasteiger partial charge < -0.3 is 0 Å². The molecule has 0 unspecified atom stereocenters. The van der Waals surface area contributed by atoms with E-state index in [1.165, 1.54) is 12.3 Å². The molecule has 0 fully saturated rings. The van der Waals surface area contributed by atoms with Gasteiger partial charge in [0.2, 0.25) is 0 Å². The molecule has 0 radical (unpaired) electrons. The summed E-state index contributed by atoms with van der Waals surface area (Å²) in [6, 6.07) is 1.31. The van der Waals surface area contributed by atoms with Crippen molar-refractivity contribution in [2.24, 2.45) is 0 Å². The highest BCUT2D eigenvalue weighted by Gasteiger charge is 2.14. The van der Waals surface area contributed by atoms with Crippen LogP contribution in [-0.4, -0.2) is 31.5 Å². The van der Waals surface area contributed by atoms with Gasteiger partial charge in [0, 0.05) is 12.1 Å². The van der Waals surface area contributed by atoms with Gasteiger partial charge in [0.05, 0.1) is 0 Å². The Bertz CT molecular complexity index is 338. The first-order chi connectivity index (χ1) is 6.52. The van der Waals surface area contributed by atoms with Gasteiger partial charge in [-0.25, -0.2) is 9.97 Å². The van der Waals surface area contributed by atoms with E-state index < -0.39 is 11.1 Å². The number of hydroxylamine groups is 2. The third kappa shape index (κ3) is 2.24. The van der Waals surface area contributed by atoms with Crippen LogP contribution < -0.4 is 0 Å². The number of hydrogen-bond acceptors (Lipinski definition) is 5. The van der Waals surface area contributed by atoms with Crippen molar-refractivity contribution in [1.82, 2.24) is 15.2 Å². The SMILES string of the molecule is CC(C)c1nccc(C(=O)N(O)O)n1. The molecule has 2 N–H and O–H groups in total. The summed E-state index contributed by atoms with van der Waals surface area (Å²) in [7, 11) is 0. The predicted molar refractivity (Wildman–Crippen MR) is 45.9 cm³/mol. The number of carbonyl (C=O) groups is 1. The van der Waals surface area contributed by atoms with Crippen LogP contribution in [0.4, 0.5) is 0 Å². The van der Waals surface area contributed by atoms with Crippen molar-refractivity contribution in [3.8, 4) is 0 Å². The average Bonchev–Trinajstić information content (AvgIpc) is 2.16. The van der Waals surface area contributed by atoms with E-state index in [9.17, 15) is 4.79 Å². The molecule has 0 aromatic carbocycles. The number of hydrogen-bond donors (Lipinski definition) is 2. The van der Waals surface area contributed by atoms with Gasteiger partial charge in [0.1, 0.15) is 11.5 Å². The Morgan fingerprint density at radius 1 is 1.50 bits per heavy atom. The lowest BCUT2D eigenvalue weighted by atomic mass is 10.2. The molecule has 0 aliphatic heterocycles. The molecule has 0 aliphatic carbocycles. The lowest BCUT2D eigenvalue weighted by molar-refractivity contribution is -0.260. The van der Waals surface area contributed by atoms with E-state index in [4.69, 9.17) is 10.4 Å². The van der Waals surface area contributed by atoms with Crippen LogP contribution in [0.5, 0.6) is 0 Å². The molecule has 6 nitrogen and oxygen atoms in total. The molecule has 0 aliphatic rings. The van der Waals surface area contributed by atoms with E-state index in [0.717, 1.165) is 0 Å². The Morgan fingerprint density at radius 3 is 2.64 bits per heavy atom. The number of rotatable bonds is 2. The van der Waals surface area contributed by atoms with Gasteiger partial charge in [-0.05, 0) is 6.07 Å². The van der Waals surface area contributed by atoms with Crippen molar-refractivity contribution in [3.05, 3.63) is 23.8 Å². The largest absolute Gasteiger partial charge is 0.321 e. The van der Waals surface area contributed by atoms with E-state index in [1.54, 1.807) is 0 Å². The van der Waals surface area contributed by atoms with Crippen LogP contribution in [0.2, 0.25) is 0 Å². The summed E-state index contributed by atoms with van der Waals surface area (Å²) in [5, 5.41) is 16.5. The number of nitrogens with zero attached hydrogens (tertiary/aromatic N) is 3. The van der Waals surface area contributed by atoms with Crippen molar-refractivity contribution in [2.45, 2.75) is 19.8 Å². The Morgan fingerprint density at radius 2 is 2.14 bits per heavy atom. The third-order valence-corrected chi connectivity index (χ3v) is 1.59. The Kier molecular flexibility index (Phi) is 3.10. The van der Waals surface area contributed by atoms with Gasteiger partial charge in [-0.3, -0.25) is 15.2 Å². The zero-order valence-electron chi connectivity index (χ0n) is 7.88. The first-order valence-electron chi connectivity index (χ1n) is 4.07. The molecule has 1 aromatic heterocycles. The smallest absolute Gasteiger partial charge is 0.262 e. The maximum Gasteiger partial charge on any atom is 0.321 e. The van der Waals surface area contributed by atoms with E-state index in [-0.39, 0.29) is 11.6 Å². The van der Waals surface area contributed by atoms with E-state index in [2.05, 4.69) is 9.97 Å². The standard InChI is InChI=1S/C8H11N3O3/c1-5(2)7-9-4-3-6(10-7)8(12)11(13)14/h3-5,13-14H,1-2H3. The molecule has 0 bridgehead atoms. The summed E-state index contributed by atoms with van der Waals surface area (Å²) in [5.74, 6) is -0.416. The second kappa shape index (κ2) is 4.12. The maximum atomic E-state index is 11.1. The second-order valence-electron chi connectivity index (χ2n) is 3.05. The first kappa shape index (κ1) is 10.6. The van der Waals surface area contributed by atoms with Crippen LogP contribution in [0.25, 0.3) is 0 Å². The quantitative estimate of drug-likeness (QED) is 0.541. The zero-order chi connectivity index (χ0) is 10.7. The molecule has 0 spiro atoms. The lowest BCUT2D eigenvalue weighted by Gasteiger charge is -2.07. The van der Waals surface area contributed by atoms with E-state index in [0.29, 0.717) is 5.82 Å². The Labute approximate surface area is 80.7 Å². The van der Waals surface area contributed by atoms with E-state index in [1.807, 2.05) is 13.8 Å². The minimum atomic E-state index is -0.977. The monoisotopic (exact) mass is 197 g/mol. The third-order valence-electron chi connectivity index (χ3n) is 1.59. The van der Waals surface area contributed by atoms with Gasteiger partial charge in [0.15, 0.2) is 0 Å². The van der Waals surface area contributed by atoms with Crippen molar-refractivity contribution in [1.29, 1.82) is 0 Å². The topological polar surface area (TPSA) is 86.6 Å². The first-order valence-corrected chi connectivity index (χ1v) is 4.07. The number of amides is 1. The second-order valence-corrected chi connectivity index (χ2v) is 3.05. The average molecular weight is 197 g/mol. The molecule has 76 valence electrons. The minimum absolute atomic E-state index is 0.0475. The lowest BCUT2D eigenvalue weighted by Crippen LogP contribution is -2.24. The van der Waals surface area contributed by atoms with Crippen LogP contribution in [0.3, 0.4) is 0 Å². The highest BCUT2D eigenvalue weighted by atomic mass is 16.8. The summed E-state index contributed by atoms with van der Waals surface area (Å²) in [6.45, 7) is 3.75. The minimum Gasteiger partial charge on any atom is -0.262 e. The molecule has 1 heterocycles. The molecule has 1 rings (SSSR count). The predicted octanol–water partition coefficient (Wildman–Crippen LogP) is 0.821. The molecule has 1 aromatic rings. The fourth-order valence-electron chi connectivity index (χ4n) is 0.874. The van der Waals surface area contributed by atoms with Crippen molar-refractivity contribution >= 4 is 5.91 Å². The summed E-state index contributed by atoms with van der Waals surface area (Å²) >= 11 is 0. The maximum absolute atomic E-state index is 11.1. The fourth-order valence-corrected chi connectivity index (χ4v) is 0.874. The summed E-state index contributed by atoms with van der Waals surface area (Å²) in [6.07, 6.45) is 1.40. The van der Waals surface area contributed by atoms with Gasteiger partial charge in [-0.1, -0.05) is 19.1 Å². The Hall–Kier alpha value is -1.53. The van der Waals surface area contributed by atoms with Gasteiger partial charge >= 0.3 is 5.91 Å². The van der Waals surface area contributed by atoms with Crippen molar-refractivity contribution in [2.75, 3.05) is 0 Å². The zero-order valence-corrected chi connectivity index (χ0v) is 7.88. The molecular formula is C8H11N3O3. The summed E-state index contributed by atoms with van der Waals surface area (Å²) in [5.41, 5.74) is -0.0475. The van der Waals surface area contributed by atoms with Gasteiger partial charge in [-0.15, -0.1) is 0 Å². The van der Waals surface area contributed by atoms with Gasteiger partial charge in [-0.2, -0.15) is 0 Å². The molecule has 0 saturated heterocycles. The molecule has 1 amide bonds. The van der Waals surface area contributed by atoms with Crippen LogP contribution in [0.1, 0.15) is 36.1 Å². The number of aromatic nitrogens is 2. The van der Waals surface area contributed by atoms with E-state index >= 15 is 0 Å². The molecule has 0 atom stereocenters. The fraction of sp³-hybridized carbons (Fsp3) is 0.375. The normalized spacial score (nSPS) is 10.4. The summed E-state index contributed by atoms with van der Waals surface area (Å²) < 4.78 is 0. The summed E-state index contributed by atoms with van der Waals surface area (Å²) in [4.78, 5) is 18.9. The molecular weight excluding hydrogens is 186 g/mol.